The van der Waals surface area contributed by atoms with Crippen molar-refractivity contribution >= 4 is 28.2 Å². The topological polar surface area (TPSA) is 86.7 Å². The Labute approximate surface area is 250 Å². The molecule has 1 N–H and O–H groups in total. The summed E-state index contributed by atoms with van der Waals surface area (Å²) in [6.07, 6.45) is 0.249. The molecule has 1 saturated heterocycles. The molecule has 0 bridgehead atoms. The summed E-state index contributed by atoms with van der Waals surface area (Å²) >= 11 is 1.70. The minimum atomic E-state index is -0.928. The molecule has 8 nitrogen and oxygen atoms in total. The Kier molecular flexibility index (Phi) is 10.2. The fraction of sp³-hybridized carbons (Fsp3) is 0.364. The highest BCUT2D eigenvalue weighted by atomic mass is 32.1. The maximum atomic E-state index is 11.8. The molecular weight excluding hydrogens is 554 g/mol. The Bertz CT molecular complexity index is 1440. The summed E-state index contributed by atoms with van der Waals surface area (Å²) in [7, 11) is 3.30. The number of carbonyl (C=O) groups is 1. The molecule has 9 heteroatoms. The molecule has 0 spiro atoms. The number of thiophene rings is 1. The van der Waals surface area contributed by atoms with Crippen molar-refractivity contribution < 1.29 is 33.6 Å². The lowest BCUT2D eigenvalue weighted by Crippen LogP contribution is -2.46. The first-order valence-corrected chi connectivity index (χ1v) is 15.0. The molecule has 2 heterocycles. The highest BCUT2D eigenvalue weighted by Crippen LogP contribution is 2.36. The summed E-state index contributed by atoms with van der Waals surface area (Å²) in [4.78, 5) is 14.5. The summed E-state index contributed by atoms with van der Waals surface area (Å²) in [6, 6.07) is 22.0. The van der Waals surface area contributed by atoms with Gasteiger partial charge in [0.25, 0.3) is 0 Å². The fourth-order valence-corrected chi connectivity index (χ4v) is 6.03. The minimum absolute atomic E-state index is 0.0530. The maximum absolute atomic E-state index is 11.8. The molecule has 0 radical (unpaired) electrons. The Morgan fingerprint density at radius 3 is 2.52 bits per heavy atom. The van der Waals surface area contributed by atoms with E-state index in [4.69, 9.17) is 23.7 Å². The Hall–Kier alpha value is -3.79. The third-order valence-corrected chi connectivity index (χ3v) is 8.40. The van der Waals surface area contributed by atoms with Gasteiger partial charge < -0.3 is 33.7 Å². The molecule has 2 unspecified atom stereocenters. The van der Waals surface area contributed by atoms with Gasteiger partial charge in [0.05, 0.1) is 53.3 Å². The fourth-order valence-electron chi connectivity index (χ4n) is 5.38. The molecule has 5 rings (SSSR count). The van der Waals surface area contributed by atoms with Crippen molar-refractivity contribution in [2.75, 3.05) is 40.5 Å². The molecule has 1 fully saturated rings. The van der Waals surface area contributed by atoms with E-state index in [0.29, 0.717) is 45.9 Å². The van der Waals surface area contributed by atoms with E-state index in [1.54, 1.807) is 25.6 Å². The molecule has 1 aromatic heterocycles. The zero-order valence-electron chi connectivity index (χ0n) is 24.0. The van der Waals surface area contributed by atoms with Gasteiger partial charge in [-0.05, 0) is 59.3 Å². The summed E-state index contributed by atoms with van der Waals surface area (Å²) in [6.45, 7) is 2.94. The number of hydrogen-bond donors (Lipinski definition) is 1. The van der Waals surface area contributed by atoms with Crippen molar-refractivity contribution in [1.82, 2.24) is 4.90 Å². The van der Waals surface area contributed by atoms with Gasteiger partial charge in [0.2, 0.25) is 0 Å². The molecule has 1 aliphatic rings. The van der Waals surface area contributed by atoms with Gasteiger partial charge in [-0.15, -0.1) is 11.3 Å². The molecule has 3 aromatic carbocycles. The van der Waals surface area contributed by atoms with Crippen molar-refractivity contribution in [2.45, 2.75) is 38.1 Å². The van der Waals surface area contributed by atoms with Crippen LogP contribution in [0.1, 0.15) is 34.8 Å². The number of amides is 1. The lowest BCUT2D eigenvalue weighted by atomic mass is 9.87. The normalized spacial score (nSPS) is 16.9. The van der Waals surface area contributed by atoms with Gasteiger partial charge in [-0.3, -0.25) is 0 Å². The van der Waals surface area contributed by atoms with E-state index in [2.05, 4.69) is 23.6 Å². The van der Waals surface area contributed by atoms with Crippen molar-refractivity contribution in [3.63, 3.8) is 0 Å². The predicted octanol–water partition coefficient (Wildman–Crippen LogP) is 6.96. The van der Waals surface area contributed by atoms with Crippen LogP contribution >= 0.6 is 11.3 Å². The molecule has 2 atom stereocenters. The number of hydrogen-bond acceptors (Lipinski definition) is 7. The van der Waals surface area contributed by atoms with Gasteiger partial charge in [0.1, 0.15) is 17.2 Å². The van der Waals surface area contributed by atoms with Gasteiger partial charge in [0.15, 0.2) is 0 Å². The van der Waals surface area contributed by atoms with Gasteiger partial charge in [-0.25, -0.2) is 4.79 Å². The van der Waals surface area contributed by atoms with Crippen LogP contribution in [0.3, 0.4) is 0 Å². The zero-order valence-corrected chi connectivity index (χ0v) is 24.8. The molecule has 4 aromatic rings. The lowest BCUT2D eigenvalue weighted by Gasteiger charge is -2.37. The number of likely N-dealkylation sites (tertiary alicyclic amines) is 1. The molecular formula is C33H37NO7S. The van der Waals surface area contributed by atoms with Crippen LogP contribution in [0, 0.1) is 0 Å². The number of rotatable bonds is 13. The molecule has 222 valence electrons. The number of piperidine rings is 1. The number of methoxy groups -OCH3 is 2. The molecule has 0 saturated carbocycles. The standard InChI is InChI=1S/C33H37NO7S/c1-37-30-8-3-7-28-29(30)18-23(19-31(28)38-2)21-41-32-20-34(33(35)36)14-13-27(32)24-9-11-25(12-10-24)40-16-5-15-39-22-26-6-4-17-42-26/h3-4,6-12,17-19,27,32H,5,13-16,20-22H2,1-2H3,(H,35,36). The first-order chi connectivity index (χ1) is 20.6. The number of ether oxygens (including phenoxy) is 5. The second kappa shape index (κ2) is 14.4. The van der Waals surface area contributed by atoms with Crippen molar-refractivity contribution in [2.24, 2.45) is 0 Å². The van der Waals surface area contributed by atoms with Crippen LogP contribution in [-0.2, 0) is 22.7 Å². The zero-order chi connectivity index (χ0) is 29.3. The van der Waals surface area contributed by atoms with Gasteiger partial charge in [-0.1, -0.05) is 30.3 Å². The van der Waals surface area contributed by atoms with E-state index in [1.807, 2.05) is 48.5 Å². The summed E-state index contributed by atoms with van der Waals surface area (Å²) in [5.74, 6) is 2.35. The molecule has 42 heavy (non-hydrogen) atoms. The van der Waals surface area contributed by atoms with Gasteiger partial charge >= 0.3 is 6.09 Å². The smallest absolute Gasteiger partial charge is 0.407 e. The third kappa shape index (κ3) is 7.34. The predicted molar refractivity (Wildman–Crippen MR) is 163 cm³/mol. The molecule has 1 amide bonds. The van der Waals surface area contributed by atoms with Crippen LogP contribution < -0.4 is 14.2 Å². The van der Waals surface area contributed by atoms with Crippen LogP contribution in [0.2, 0.25) is 0 Å². The van der Waals surface area contributed by atoms with Crippen molar-refractivity contribution in [3.8, 4) is 17.2 Å². The van der Waals surface area contributed by atoms with E-state index in [9.17, 15) is 9.90 Å². The first kappa shape index (κ1) is 29.7. The Balaban J connectivity index is 1.21. The van der Waals surface area contributed by atoms with Crippen LogP contribution in [-0.4, -0.2) is 62.7 Å². The van der Waals surface area contributed by atoms with Crippen molar-refractivity contribution in [3.05, 3.63) is 88.1 Å². The largest absolute Gasteiger partial charge is 0.496 e. The van der Waals surface area contributed by atoms with E-state index < -0.39 is 6.09 Å². The molecule has 0 aliphatic carbocycles. The maximum Gasteiger partial charge on any atom is 0.407 e. The quantitative estimate of drug-likeness (QED) is 0.168. The first-order valence-electron chi connectivity index (χ1n) is 14.1. The summed E-state index contributed by atoms with van der Waals surface area (Å²) in [5.41, 5.74) is 2.03. The minimum Gasteiger partial charge on any atom is -0.496 e. The number of carboxylic acid groups (broad SMARTS) is 1. The van der Waals surface area contributed by atoms with Gasteiger partial charge in [0, 0.05) is 34.5 Å². The van der Waals surface area contributed by atoms with E-state index >= 15 is 0 Å². The van der Waals surface area contributed by atoms with Crippen LogP contribution in [0.4, 0.5) is 4.79 Å². The number of benzene rings is 3. The van der Waals surface area contributed by atoms with Crippen LogP contribution in [0.25, 0.3) is 10.8 Å². The SMILES string of the molecule is COc1cc(COC2CN(C(=O)O)CCC2c2ccc(OCCCOCc3cccs3)cc2)cc2c(OC)cccc12. The van der Waals surface area contributed by atoms with E-state index in [-0.39, 0.29) is 12.0 Å². The Morgan fingerprint density at radius 1 is 0.952 bits per heavy atom. The highest BCUT2D eigenvalue weighted by Gasteiger charge is 2.33. The van der Waals surface area contributed by atoms with Gasteiger partial charge in [-0.2, -0.15) is 0 Å². The number of fused-ring (bicyclic) bond motifs is 1. The average Bonchev–Trinajstić information content (AvgIpc) is 3.55. The highest BCUT2D eigenvalue weighted by molar-refractivity contribution is 7.09. The van der Waals surface area contributed by atoms with Crippen LogP contribution in [0.5, 0.6) is 17.2 Å². The van der Waals surface area contributed by atoms with E-state index in [1.165, 1.54) is 9.78 Å². The molecule has 1 aliphatic heterocycles. The number of nitrogens with zero attached hydrogens (tertiary/aromatic N) is 1. The Morgan fingerprint density at radius 2 is 1.79 bits per heavy atom. The van der Waals surface area contributed by atoms with Crippen LogP contribution in [0.15, 0.2) is 72.1 Å². The monoisotopic (exact) mass is 591 g/mol. The third-order valence-electron chi connectivity index (χ3n) is 7.55. The summed E-state index contributed by atoms with van der Waals surface area (Å²) in [5, 5.41) is 13.6. The lowest BCUT2D eigenvalue weighted by molar-refractivity contribution is -0.0199. The average molecular weight is 592 g/mol. The second-order valence-electron chi connectivity index (χ2n) is 10.2. The van der Waals surface area contributed by atoms with E-state index in [0.717, 1.165) is 45.6 Å². The van der Waals surface area contributed by atoms with Crippen molar-refractivity contribution in [1.29, 1.82) is 0 Å². The summed E-state index contributed by atoms with van der Waals surface area (Å²) < 4.78 is 29.3. The second-order valence-corrected chi connectivity index (χ2v) is 11.3.